The van der Waals surface area contributed by atoms with Gasteiger partial charge in [-0.25, -0.2) is 18.5 Å². The molecule has 1 N–H and O–H groups in total. The second-order valence-electron chi connectivity index (χ2n) is 21.8. The molecule has 2 heterocycles. The maximum Gasteiger partial charge on any atom is 0.226 e. The molecule has 6 rings (SSSR count). The van der Waals surface area contributed by atoms with Gasteiger partial charge in [0.05, 0.1) is 47.9 Å². The Kier molecular flexibility index (Phi) is 22.5. The third kappa shape index (κ3) is 16.9. The van der Waals surface area contributed by atoms with Crippen LogP contribution in [0.5, 0.6) is 0 Å². The normalized spacial score (nSPS) is 14.5. The lowest BCUT2D eigenvalue weighted by Crippen LogP contribution is -2.48. The molecule has 5 aromatic rings. The van der Waals surface area contributed by atoms with E-state index in [0.29, 0.717) is 39.8 Å². The second-order valence-corrected chi connectivity index (χ2v) is 33.1. The van der Waals surface area contributed by atoms with Crippen LogP contribution in [0.3, 0.4) is 0 Å². The van der Waals surface area contributed by atoms with Crippen LogP contribution in [0.15, 0.2) is 72.8 Å². The van der Waals surface area contributed by atoms with Crippen LogP contribution in [0.25, 0.3) is 20.3 Å². The van der Waals surface area contributed by atoms with Crippen LogP contribution in [0, 0.1) is 44.5 Å². The highest BCUT2D eigenvalue weighted by molar-refractivity contribution is 7.14. The summed E-state index contributed by atoms with van der Waals surface area (Å²) < 4.78 is 44.8. The van der Waals surface area contributed by atoms with Gasteiger partial charge in [-0.2, -0.15) is 0 Å². The van der Waals surface area contributed by atoms with Crippen LogP contribution in [0.4, 0.5) is 20.2 Å². The summed E-state index contributed by atoms with van der Waals surface area (Å²) in [6.45, 7) is 46.0. The third-order valence-corrected chi connectivity index (χ3v) is 25.6. The molecular weight excluding hydrogens is 1030 g/mol. The van der Waals surface area contributed by atoms with Gasteiger partial charge in [0.2, 0.25) is 17.3 Å². The predicted molar refractivity (Wildman–Crippen MR) is 303 cm³/mol. The van der Waals surface area contributed by atoms with Crippen molar-refractivity contribution in [1.82, 2.24) is 15.5 Å². The Morgan fingerprint density at radius 3 is 1.64 bits per heavy atom. The van der Waals surface area contributed by atoms with E-state index in [1.54, 1.807) is 24.3 Å². The van der Waals surface area contributed by atoms with Crippen molar-refractivity contribution in [1.29, 1.82) is 0 Å². The van der Waals surface area contributed by atoms with Gasteiger partial charge in [-0.15, -0.1) is 10.2 Å². The molecule has 0 unspecified atom stereocenters. The molecule has 17 heteroatoms. The van der Waals surface area contributed by atoms with Crippen LogP contribution in [-0.2, 0) is 31.2 Å². The zero-order valence-corrected chi connectivity index (χ0v) is 49.8. The molecule has 74 heavy (non-hydrogen) atoms. The number of halogens is 4. The van der Waals surface area contributed by atoms with Gasteiger partial charge in [-0.3, -0.25) is 9.59 Å². The Morgan fingerprint density at radius 1 is 0.730 bits per heavy atom. The van der Waals surface area contributed by atoms with Crippen molar-refractivity contribution in [3.8, 4) is 10.6 Å². The number of ketones is 1. The van der Waals surface area contributed by atoms with Crippen molar-refractivity contribution in [3.63, 3.8) is 0 Å². The molecule has 0 bridgehead atoms. The van der Waals surface area contributed by atoms with Crippen molar-refractivity contribution in [3.05, 3.63) is 150 Å². The van der Waals surface area contributed by atoms with Crippen LogP contribution >= 0.6 is 34.5 Å². The lowest BCUT2D eigenvalue weighted by molar-refractivity contribution is -0.127. The largest absolute Gasteiger partial charge is 0.414 e. The Bertz CT molecular complexity index is 2770. The Labute approximate surface area is 454 Å². The van der Waals surface area contributed by atoms with E-state index in [4.69, 9.17) is 49.9 Å². The molecule has 10 nitrogen and oxygen atoms in total. The first kappa shape index (κ1) is 61.9. The number of nitrogens with one attached hydrogen (secondary N) is 1. The number of ether oxygens (including phenoxy) is 1. The monoisotopic (exact) mass is 1100 g/mol. The van der Waals surface area contributed by atoms with E-state index in [9.17, 15) is 18.4 Å². The summed E-state index contributed by atoms with van der Waals surface area (Å²) in [7, 11) is -4.22. The second kappa shape index (κ2) is 26.9. The average molecular weight is 1110 g/mol. The van der Waals surface area contributed by atoms with Crippen LogP contribution in [-0.4, -0.2) is 70.5 Å². The fourth-order valence-electron chi connectivity index (χ4n) is 7.52. The third-order valence-electron chi connectivity index (χ3n) is 14.4. The van der Waals surface area contributed by atoms with Crippen molar-refractivity contribution >= 4 is 74.2 Å². The Balaban J connectivity index is 0.000000292. The van der Waals surface area contributed by atoms with Crippen molar-refractivity contribution in [2.75, 3.05) is 19.8 Å². The molecule has 1 saturated heterocycles. The molecule has 0 saturated carbocycles. The summed E-state index contributed by atoms with van der Waals surface area (Å²) in [4.78, 5) is 32.9. The minimum atomic E-state index is -2.18. The number of hydrogen-bond acceptors (Lipinski definition) is 8. The van der Waals surface area contributed by atoms with Crippen molar-refractivity contribution < 1.29 is 32.0 Å². The molecule has 1 aliphatic rings. The number of Topliss-reactive ketones (excluding diaryl/α,β-unsaturated/α-hetero) is 1. The maximum atomic E-state index is 13.4. The quantitative estimate of drug-likeness (QED) is 0.0595. The topological polar surface area (TPSA) is 108 Å². The minimum Gasteiger partial charge on any atom is -0.414 e. The van der Waals surface area contributed by atoms with Gasteiger partial charge in [-0.05, 0) is 160 Å². The SMILES string of the molecule is C1CCOC1.[C-]#[N+]c1ccc(C[C@@H](C(=O)NCC(=O)c2ccc(F)cc2)[C@@H](C)O[Si](C)(C)C(C)(C)C)c(C)c1Cl.[C-]#[N+]c1ccc(C[C@@H](c2nnc(-c3ccc(F)cc3)s2)[C@@H](C)O[Si](C)(C)C(C)(C)C)c(C)c1Cl. The molecular formula is C57H73Cl2F2N5O5SSi2. The van der Waals surface area contributed by atoms with E-state index in [0.717, 1.165) is 51.0 Å². The van der Waals surface area contributed by atoms with Crippen molar-refractivity contribution in [2.24, 2.45) is 5.92 Å². The number of benzene rings is 4. The zero-order valence-electron chi connectivity index (χ0n) is 45.4. The number of carbonyl (C=O) groups is 2. The molecule has 0 aliphatic carbocycles. The highest BCUT2D eigenvalue weighted by atomic mass is 35.5. The molecule has 4 atom stereocenters. The predicted octanol–water partition coefficient (Wildman–Crippen LogP) is 16.3. The van der Waals surface area contributed by atoms with E-state index in [-0.39, 0.29) is 46.2 Å². The fraction of sp³-hybridized carbons (Fsp3) is 0.474. The van der Waals surface area contributed by atoms with E-state index >= 15 is 0 Å². The minimum absolute atomic E-state index is 0.0443. The van der Waals surface area contributed by atoms with E-state index in [1.807, 2.05) is 32.9 Å². The highest BCUT2D eigenvalue weighted by Gasteiger charge is 2.42. The molecule has 1 fully saturated rings. The summed E-state index contributed by atoms with van der Waals surface area (Å²) in [6.07, 6.45) is 3.04. The molecule has 398 valence electrons. The Hall–Kier alpha value is -4.69. The molecule has 1 aliphatic heterocycles. The number of aromatic nitrogens is 2. The smallest absolute Gasteiger partial charge is 0.226 e. The number of rotatable bonds is 16. The summed E-state index contributed by atoms with van der Waals surface area (Å²) in [5.41, 5.74) is 5.55. The number of amides is 1. The Morgan fingerprint density at radius 2 is 1.19 bits per heavy atom. The summed E-state index contributed by atoms with van der Waals surface area (Å²) in [6, 6.07) is 18.8. The van der Waals surface area contributed by atoms with Gasteiger partial charge >= 0.3 is 0 Å². The molecule has 4 aromatic carbocycles. The van der Waals surface area contributed by atoms with Gasteiger partial charge in [0.1, 0.15) is 21.6 Å². The standard InChI is InChI=1S/C27H34ClFN2O3Si.C26H31ClFN3OSSi.C4H8O/c1-17-20(11-14-23(30-6)25(17)28)15-22(18(2)34-35(7,8)27(3,4)5)26(33)31-16-24(32)19-9-12-21(29)13-10-19;1-16-19(11-14-22(29-6)23(16)27)15-21(17(2)32-34(7,8)26(3,4)5)25-31-30-24(33-25)18-9-12-20(28)13-10-18;1-2-4-5-3-1/h9-14,18,22H,15-16H2,1-5,7-8H3,(H,31,33);9-14,17,21H,15H2,1-5,7-8H3;1-4H2/t18-,22-;17-,21-;/m11./s1. The van der Waals surface area contributed by atoms with Gasteiger partial charge < -0.3 is 18.9 Å². The summed E-state index contributed by atoms with van der Waals surface area (Å²) >= 11 is 14.4. The maximum absolute atomic E-state index is 13.4. The van der Waals surface area contributed by atoms with Crippen LogP contribution in [0.1, 0.15) is 112 Å². The molecule has 1 amide bonds. The van der Waals surface area contributed by atoms with E-state index in [1.165, 1.54) is 60.6 Å². The zero-order chi connectivity index (χ0) is 55.3. The molecule has 1 aromatic heterocycles. The van der Waals surface area contributed by atoms with Gasteiger partial charge in [0, 0.05) is 30.3 Å². The highest BCUT2D eigenvalue weighted by Crippen LogP contribution is 2.43. The lowest BCUT2D eigenvalue weighted by atomic mass is 9.91. The van der Waals surface area contributed by atoms with E-state index in [2.05, 4.69) is 99.9 Å². The lowest BCUT2D eigenvalue weighted by Gasteiger charge is -2.40. The number of hydrogen-bond donors (Lipinski definition) is 1. The molecule has 0 radical (unpaired) electrons. The number of carbonyl (C=O) groups excluding carboxylic acids is 2. The van der Waals surface area contributed by atoms with Crippen LogP contribution < -0.4 is 5.32 Å². The van der Waals surface area contributed by atoms with Crippen molar-refractivity contribution in [2.45, 2.75) is 149 Å². The summed E-state index contributed by atoms with van der Waals surface area (Å²) in [5, 5.41) is 14.2. The van der Waals surface area contributed by atoms with Gasteiger partial charge in [0.15, 0.2) is 22.4 Å². The fourth-order valence-corrected chi connectivity index (χ4v) is 11.9. The first-order chi connectivity index (χ1) is 34.5. The van der Waals surface area contributed by atoms with Gasteiger partial charge in [0.25, 0.3) is 0 Å². The van der Waals surface area contributed by atoms with Crippen LogP contribution in [0.2, 0.25) is 46.3 Å². The van der Waals surface area contributed by atoms with Gasteiger partial charge in [-0.1, -0.05) is 100 Å². The first-order valence-electron chi connectivity index (χ1n) is 24.9. The average Bonchev–Trinajstić information content (AvgIpc) is 4.09. The molecule has 0 spiro atoms. The first-order valence-corrected chi connectivity index (χ1v) is 32.3. The number of nitrogens with zero attached hydrogens (tertiary/aromatic N) is 4. The summed E-state index contributed by atoms with van der Waals surface area (Å²) in [5.74, 6) is -1.96. The van der Waals surface area contributed by atoms with E-state index < -0.39 is 34.5 Å².